The van der Waals surface area contributed by atoms with Gasteiger partial charge in [-0.25, -0.2) is 0 Å². The maximum absolute atomic E-state index is 5.90. The second kappa shape index (κ2) is 4.99. The third-order valence-electron chi connectivity index (χ3n) is 2.91. The molecule has 18 heavy (non-hydrogen) atoms. The van der Waals surface area contributed by atoms with E-state index in [0.29, 0.717) is 22.1 Å². The van der Waals surface area contributed by atoms with Gasteiger partial charge in [0.25, 0.3) is 0 Å². The second-order valence-electron chi connectivity index (χ2n) is 4.11. The Kier molecular flexibility index (Phi) is 3.36. The maximum atomic E-state index is 5.90. The molecule has 2 aromatic heterocycles. The summed E-state index contributed by atoms with van der Waals surface area (Å²) in [5, 5.41) is 11.3. The summed E-state index contributed by atoms with van der Waals surface area (Å²) in [4.78, 5) is 8.33. The molecule has 6 nitrogen and oxygen atoms in total. The van der Waals surface area contributed by atoms with Gasteiger partial charge in [0.05, 0.1) is 5.39 Å². The van der Waals surface area contributed by atoms with Crippen LogP contribution < -0.4 is 5.32 Å². The summed E-state index contributed by atoms with van der Waals surface area (Å²) in [5.74, 6) is 0.706. The van der Waals surface area contributed by atoms with E-state index in [4.69, 9.17) is 16.3 Å². The van der Waals surface area contributed by atoms with Crippen molar-refractivity contribution < 1.29 is 4.74 Å². The number of nitrogens with one attached hydrogen (secondary N) is 2. The van der Waals surface area contributed by atoms with Gasteiger partial charge in [-0.15, -0.1) is 0 Å². The van der Waals surface area contributed by atoms with E-state index in [1.807, 2.05) is 0 Å². The van der Waals surface area contributed by atoms with E-state index in [0.717, 1.165) is 31.4 Å². The van der Waals surface area contributed by atoms with Gasteiger partial charge in [-0.1, -0.05) is 0 Å². The van der Waals surface area contributed by atoms with Gasteiger partial charge in [-0.3, -0.25) is 5.10 Å². The third-order valence-corrected chi connectivity index (χ3v) is 3.65. The zero-order chi connectivity index (χ0) is 12.5. The average Bonchev–Trinajstić information content (AvgIpc) is 2.72. The summed E-state index contributed by atoms with van der Waals surface area (Å²) in [5.41, 5.74) is 0.622. The first-order valence-corrected chi connectivity index (χ1v) is 6.82. The first-order valence-electron chi connectivity index (χ1n) is 5.65. The standard InChI is InChI=1S/C10H11BrClN5O/c11-7-6-8(13-5-1-3-18-4-2-5)14-10(12)15-9(6)17-16-7/h5H,1-4H2,(H2,13,14,15,16,17). The maximum Gasteiger partial charge on any atom is 0.226 e. The number of ether oxygens (including phenoxy) is 1. The highest BCUT2D eigenvalue weighted by Gasteiger charge is 2.18. The Morgan fingerprint density at radius 3 is 2.89 bits per heavy atom. The minimum absolute atomic E-state index is 0.202. The molecule has 3 heterocycles. The van der Waals surface area contributed by atoms with Crippen molar-refractivity contribution in [3.8, 4) is 0 Å². The molecular formula is C10H11BrClN5O. The number of nitrogens with zero attached hydrogens (tertiary/aromatic N) is 3. The van der Waals surface area contributed by atoms with Crippen LogP contribution in [0.4, 0.5) is 5.82 Å². The van der Waals surface area contributed by atoms with Crippen LogP contribution in [0.25, 0.3) is 11.0 Å². The van der Waals surface area contributed by atoms with Crippen molar-refractivity contribution in [1.29, 1.82) is 0 Å². The van der Waals surface area contributed by atoms with Gasteiger partial charge in [0, 0.05) is 19.3 Å². The number of fused-ring (bicyclic) bond motifs is 1. The molecule has 2 aromatic rings. The van der Waals surface area contributed by atoms with Gasteiger partial charge in [0.1, 0.15) is 10.4 Å². The highest BCUT2D eigenvalue weighted by atomic mass is 79.9. The van der Waals surface area contributed by atoms with Gasteiger partial charge in [0.2, 0.25) is 5.28 Å². The van der Waals surface area contributed by atoms with Crippen molar-refractivity contribution >= 4 is 44.4 Å². The van der Waals surface area contributed by atoms with Crippen molar-refractivity contribution in [3.05, 3.63) is 9.89 Å². The molecule has 0 saturated carbocycles. The van der Waals surface area contributed by atoms with Crippen molar-refractivity contribution in [3.63, 3.8) is 0 Å². The summed E-state index contributed by atoms with van der Waals surface area (Å²) >= 11 is 9.28. The van der Waals surface area contributed by atoms with Crippen molar-refractivity contribution in [2.75, 3.05) is 18.5 Å². The molecule has 1 aliphatic heterocycles. The molecular weight excluding hydrogens is 322 g/mol. The molecule has 0 amide bonds. The number of aromatic nitrogens is 4. The van der Waals surface area contributed by atoms with E-state index in [1.165, 1.54) is 0 Å². The molecule has 0 bridgehead atoms. The van der Waals surface area contributed by atoms with Crippen LogP contribution in [0.2, 0.25) is 5.28 Å². The number of anilines is 1. The van der Waals surface area contributed by atoms with Crippen molar-refractivity contribution in [1.82, 2.24) is 20.2 Å². The van der Waals surface area contributed by atoms with Gasteiger partial charge in [-0.2, -0.15) is 15.1 Å². The Bertz CT molecular complexity index is 569. The van der Waals surface area contributed by atoms with Crippen LogP contribution >= 0.6 is 27.5 Å². The highest BCUT2D eigenvalue weighted by Crippen LogP contribution is 2.28. The van der Waals surface area contributed by atoms with E-state index < -0.39 is 0 Å². The molecule has 1 aliphatic rings. The Morgan fingerprint density at radius 2 is 2.11 bits per heavy atom. The molecule has 0 radical (unpaired) electrons. The molecule has 2 N–H and O–H groups in total. The number of H-pyrrole nitrogens is 1. The molecule has 3 rings (SSSR count). The third kappa shape index (κ3) is 2.30. The Morgan fingerprint density at radius 1 is 1.33 bits per heavy atom. The number of hydrogen-bond acceptors (Lipinski definition) is 5. The lowest BCUT2D eigenvalue weighted by molar-refractivity contribution is 0.0904. The van der Waals surface area contributed by atoms with Crippen LogP contribution in [-0.2, 0) is 4.74 Å². The lowest BCUT2D eigenvalue weighted by Crippen LogP contribution is -2.28. The normalized spacial score (nSPS) is 17.2. The quantitative estimate of drug-likeness (QED) is 0.826. The average molecular weight is 333 g/mol. The fraction of sp³-hybridized carbons (Fsp3) is 0.500. The number of hydrogen-bond donors (Lipinski definition) is 2. The van der Waals surface area contributed by atoms with E-state index in [1.54, 1.807) is 0 Å². The summed E-state index contributed by atoms with van der Waals surface area (Å²) in [6.07, 6.45) is 1.91. The van der Waals surface area contributed by atoms with Gasteiger partial charge >= 0.3 is 0 Å². The topological polar surface area (TPSA) is 75.7 Å². The van der Waals surface area contributed by atoms with Crippen LogP contribution in [0.1, 0.15) is 12.8 Å². The predicted molar refractivity (Wildman–Crippen MR) is 71.9 cm³/mol. The molecule has 0 spiro atoms. The van der Waals surface area contributed by atoms with Crippen LogP contribution in [0.3, 0.4) is 0 Å². The van der Waals surface area contributed by atoms with E-state index in [-0.39, 0.29) is 5.28 Å². The van der Waals surface area contributed by atoms with Crippen LogP contribution in [-0.4, -0.2) is 39.4 Å². The zero-order valence-electron chi connectivity index (χ0n) is 9.41. The molecule has 0 atom stereocenters. The number of halogens is 2. The number of rotatable bonds is 2. The molecule has 96 valence electrons. The van der Waals surface area contributed by atoms with E-state index in [2.05, 4.69) is 41.4 Å². The van der Waals surface area contributed by atoms with Gasteiger partial charge in [0.15, 0.2) is 5.65 Å². The zero-order valence-corrected chi connectivity index (χ0v) is 11.8. The lowest BCUT2D eigenvalue weighted by atomic mass is 10.1. The van der Waals surface area contributed by atoms with Crippen molar-refractivity contribution in [2.45, 2.75) is 18.9 Å². The summed E-state index contributed by atoms with van der Waals surface area (Å²) in [6.45, 7) is 1.54. The van der Waals surface area contributed by atoms with Crippen LogP contribution in [0, 0.1) is 0 Å². The highest BCUT2D eigenvalue weighted by molar-refractivity contribution is 9.10. The molecule has 0 unspecified atom stereocenters. The fourth-order valence-corrected chi connectivity index (χ4v) is 2.64. The fourth-order valence-electron chi connectivity index (χ4n) is 2.01. The first-order chi connectivity index (χ1) is 8.74. The minimum atomic E-state index is 0.202. The minimum Gasteiger partial charge on any atom is -0.381 e. The van der Waals surface area contributed by atoms with E-state index in [9.17, 15) is 0 Å². The van der Waals surface area contributed by atoms with Crippen LogP contribution in [0.5, 0.6) is 0 Å². The van der Waals surface area contributed by atoms with Gasteiger partial charge < -0.3 is 10.1 Å². The summed E-state index contributed by atoms with van der Waals surface area (Å²) < 4.78 is 6.01. The Hall–Kier alpha value is -0.920. The Balaban J connectivity index is 1.96. The molecule has 1 fully saturated rings. The molecule has 1 saturated heterocycles. The summed E-state index contributed by atoms with van der Waals surface area (Å²) in [6, 6.07) is 0.342. The predicted octanol–water partition coefficient (Wildman–Crippen LogP) is 2.36. The molecule has 0 aromatic carbocycles. The lowest BCUT2D eigenvalue weighted by Gasteiger charge is -2.23. The smallest absolute Gasteiger partial charge is 0.226 e. The molecule has 8 heteroatoms. The summed E-state index contributed by atoms with van der Waals surface area (Å²) in [7, 11) is 0. The van der Waals surface area contributed by atoms with Crippen molar-refractivity contribution in [2.24, 2.45) is 0 Å². The first kappa shape index (κ1) is 12.1. The van der Waals surface area contributed by atoms with Gasteiger partial charge in [-0.05, 0) is 40.4 Å². The monoisotopic (exact) mass is 331 g/mol. The van der Waals surface area contributed by atoms with E-state index >= 15 is 0 Å². The second-order valence-corrected chi connectivity index (χ2v) is 5.20. The SMILES string of the molecule is Clc1nc(NC2CCOCC2)c2c(Br)n[nH]c2n1. The molecule has 0 aliphatic carbocycles. The Labute approximate surface area is 117 Å². The van der Waals surface area contributed by atoms with Crippen LogP contribution in [0.15, 0.2) is 4.60 Å². The largest absolute Gasteiger partial charge is 0.381 e. The number of aromatic amines is 1.